The number of amides is 1. The number of nitrogens with zero attached hydrogens (tertiary/aromatic N) is 5. The molecule has 2 aromatic heterocycles. The fourth-order valence-corrected chi connectivity index (χ4v) is 3.32. The van der Waals surface area contributed by atoms with Gasteiger partial charge in [0, 0.05) is 30.5 Å². The van der Waals surface area contributed by atoms with E-state index in [1.807, 2.05) is 61.3 Å². The van der Waals surface area contributed by atoms with Gasteiger partial charge in [0.2, 0.25) is 5.91 Å². The topological polar surface area (TPSA) is 89.9 Å². The number of nitrogens with two attached hydrogens (primary N) is 1. The molecule has 0 spiro atoms. The van der Waals surface area contributed by atoms with Crippen LogP contribution in [0.25, 0.3) is 11.4 Å². The van der Waals surface area contributed by atoms with Crippen molar-refractivity contribution in [1.29, 1.82) is 0 Å². The number of hydrogen-bond donors (Lipinski definition) is 1. The van der Waals surface area contributed by atoms with Crippen LogP contribution in [0.2, 0.25) is 0 Å². The maximum atomic E-state index is 12.9. The molecule has 0 saturated heterocycles. The van der Waals surface area contributed by atoms with E-state index in [9.17, 15) is 4.79 Å². The van der Waals surface area contributed by atoms with Crippen molar-refractivity contribution in [1.82, 2.24) is 24.6 Å². The molecule has 0 fully saturated rings. The monoisotopic (exact) mass is 362 g/mol. The van der Waals surface area contributed by atoms with Crippen molar-refractivity contribution in [3.8, 4) is 11.4 Å². The van der Waals surface area contributed by atoms with E-state index in [0.29, 0.717) is 24.7 Å². The van der Waals surface area contributed by atoms with Crippen LogP contribution in [0, 0.1) is 6.92 Å². The maximum absolute atomic E-state index is 12.9. The van der Waals surface area contributed by atoms with Crippen molar-refractivity contribution in [2.45, 2.75) is 39.5 Å². The van der Waals surface area contributed by atoms with E-state index in [0.717, 1.165) is 22.4 Å². The van der Waals surface area contributed by atoms with Gasteiger partial charge in [0.15, 0.2) is 5.82 Å². The summed E-state index contributed by atoms with van der Waals surface area (Å²) in [6.45, 7) is 5.11. The molecule has 0 saturated carbocycles. The average Bonchev–Trinajstić information content (AvgIpc) is 3.26. The second kappa shape index (κ2) is 6.92. The van der Waals surface area contributed by atoms with Gasteiger partial charge < -0.3 is 10.6 Å². The summed E-state index contributed by atoms with van der Waals surface area (Å²) in [5, 5.41) is 4.54. The van der Waals surface area contributed by atoms with Crippen LogP contribution in [0.4, 0.5) is 0 Å². The first kappa shape index (κ1) is 17.4. The number of fused-ring (bicyclic) bond motifs is 1. The first-order chi connectivity index (χ1) is 13.0. The quantitative estimate of drug-likeness (QED) is 0.768. The van der Waals surface area contributed by atoms with Crippen LogP contribution in [0.5, 0.6) is 0 Å². The predicted molar refractivity (Wildman–Crippen MR) is 101 cm³/mol. The standard InChI is InChI=1S/C20H22N6O/c1-13-8-16-10-25(11-17(16)9-22-13)18(27)12-26-20(14(2)21)23-19(24-26)15-6-4-3-5-7-15/h3-9,14H,10-12,21H2,1-2H3/t14-/m0/s1. The second-order valence-electron chi connectivity index (χ2n) is 6.95. The van der Waals surface area contributed by atoms with Crippen LogP contribution in [0.3, 0.4) is 0 Å². The Hall–Kier alpha value is -3.06. The number of rotatable bonds is 4. The smallest absolute Gasteiger partial charge is 0.244 e. The first-order valence-electron chi connectivity index (χ1n) is 8.99. The highest BCUT2D eigenvalue weighted by Crippen LogP contribution is 2.23. The summed E-state index contributed by atoms with van der Waals surface area (Å²) in [4.78, 5) is 23.6. The summed E-state index contributed by atoms with van der Waals surface area (Å²) < 4.78 is 1.63. The first-order valence-corrected chi connectivity index (χ1v) is 8.99. The van der Waals surface area contributed by atoms with Gasteiger partial charge in [-0.3, -0.25) is 9.78 Å². The third-order valence-corrected chi connectivity index (χ3v) is 4.72. The van der Waals surface area contributed by atoms with Crippen molar-refractivity contribution in [3.63, 3.8) is 0 Å². The molecule has 138 valence electrons. The van der Waals surface area contributed by atoms with Crippen LogP contribution in [-0.2, 0) is 24.4 Å². The van der Waals surface area contributed by atoms with E-state index < -0.39 is 0 Å². The van der Waals surface area contributed by atoms with Crippen LogP contribution in [0.15, 0.2) is 42.6 Å². The molecule has 7 heteroatoms. The van der Waals surface area contributed by atoms with Gasteiger partial charge in [0.05, 0.1) is 6.04 Å². The highest BCUT2D eigenvalue weighted by Gasteiger charge is 2.25. The Bertz CT molecular complexity index is 979. The number of benzene rings is 1. The summed E-state index contributed by atoms with van der Waals surface area (Å²) in [6.07, 6.45) is 1.86. The summed E-state index contributed by atoms with van der Waals surface area (Å²) in [7, 11) is 0. The summed E-state index contributed by atoms with van der Waals surface area (Å²) in [6, 6.07) is 11.4. The number of aromatic nitrogens is 4. The zero-order valence-electron chi connectivity index (χ0n) is 15.5. The Balaban J connectivity index is 1.55. The van der Waals surface area contributed by atoms with Crippen molar-refractivity contribution in [2.24, 2.45) is 5.73 Å². The van der Waals surface area contributed by atoms with Crippen LogP contribution in [-0.4, -0.2) is 30.6 Å². The average molecular weight is 362 g/mol. The lowest BCUT2D eigenvalue weighted by Gasteiger charge is -2.16. The van der Waals surface area contributed by atoms with Crippen molar-refractivity contribution in [2.75, 3.05) is 0 Å². The SMILES string of the molecule is Cc1cc2c(cn1)CN(C(=O)Cn1nc(-c3ccccc3)nc1[C@H](C)N)C2. The Morgan fingerprint density at radius 2 is 1.96 bits per heavy atom. The molecule has 1 atom stereocenters. The minimum Gasteiger partial charge on any atom is -0.332 e. The van der Waals surface area contributed by atoms with Crippen LogP contribution < -0.4 is 5.73 Å². The molecule has 0 bridgehead atoms. The molecule has 3 heterocycles. The molecule has 2 N–H and O–H groups in total. The van der Waals surface area contributed by atoms with Crippen LogP contribution >= 0.6 is 0 Å². The highest BCUT2D eigenvalue weighted by molar-refractivity contribution is 5.76. The minimum absolute atomic E-state index is 0.00438. The van der Waals surface area contributed by atoms with E-state index >= 15 is 0 Å². The Kier molecular flexibility index (Phi) is 4.45. The minimum atomic E-state index is -0.314. The number of aryl methyl sites for hydroxylation is 1. The molecule has 1 aliphatic rings. The third kappa shape index (κ3) is 3.46. The molecular formula is C20H22N6O. The molecule has 7 nitrogen and oxygen atoms in total. The summed E-state index contributed by atoms with van der Waals surface area (Å²) in [5.41, 5.74) is 10.2. The molecule has 1 aliphatic heterocycles. The van der Waals surface area contributed by atoms with Gasteiger partial charge in [-0.1, -0.05) is 30.3 Å². The Morgan fingerprint density at radius 3 is 2.70 bits per heavy atom. The summed E-state index contributed by atoms with van der Waals surface area (Å²) >= 11 is 0. The van der Waals surface area contributed by atoms with Crippen LogP contribution in [0.1, 0.15) is 35.6 Å². The zero-order chi connectivity index (χ0) is 19.0. The van der Waals surface area contributed by atoms with Gasteiger partial charge in [0.25, 0.3) is 0 Å². The molecule has 0 aliphatic carbocycles. The molecule has 27 heavy (non-hydrogen) atoms. The van der Waals surface area contributed by atoms with Gasteiger partial charge in [-0.2, -0.15) is 5.10 Å². The maximum Gasteiger partial charge on any atom is 0.244 e. The molecule has 3 aromatic rings. The van der Waals surface area contributed by atoms with Crippen molar-refractivity contribution < 1.29 is 4.79 Å². The van der Waals surface area contributed by atoms with Crippen molar-refractivity contribution >= 4 is 5.91 Å². The van der Waals surface area contributed by atoms with E-state index in [4.69, 9.17) is 5.73 Å². The van der Waals surface area contributed by atoms with E-state index in [1.165, 1.54) is 0 Å². The van der Waals surface area contributed by atoms with Gasteiger partial charge in [-0.05, 0) is 31.0 Å². The predicted octanol–water partition coefficient (Wildman–Crippen LogP) is 2.21. The lowest BCUT2D eigenvalue weighted by atomic mass is 10.2. The Labute approximate surface area is 157 Å². The normalized spacial score (nSPS) is 14.3. The number of pyridine rings is 1. The van der Waals surface area contributed by atoms with Gasteiger partial charge in [-0.15, -0.1) is 0 Å². The second-order valence-corrected chi connectivity index (χ2v) is 6.95. The largest absolute Gasteiger partial charge is 0.332 e. The third-order valence-electron chi connectivity index (χ3n) is 4.72. The van der Waals surface area contributed by atoms with Gasteiger partial charge in [-0.25, -0.2) is 9.67 Å². The van der Waals surface area contributed by atoms with E-state index in [-0.39, 0.29) is 18.5 Å². The lowest BCUT2D eigenvalue weighted by molar-refractivity contribution is -0.132. The zero-order valence-corrected chi connectivity index (χ0v) is 15.5. The lowest BCUT2D eigenvalue weighted by Crippen LogP contribution is -2.30. The molecule has 0 radical (unpaired) electrons. The fraction of sp³-hybridized carbons (Fsp3) is 0.300. The summed E-state index contributed by atoms with van der Waals surface area (Å²) in [5.74, 6) is 1.19. The molecule has 1 aromatic carbocycles. The molecule has 1 amide bonds. The molecule has 0 unspecified atom stereocenters. The number of carbonyl (C=O) groups is 1. The van der Waals surface area contributed by atoms with E-state index in [1.54, 1.807) is 4.68 Å². The molecular weight excluding hydrogens is 340 g/mol. The van der Waals surface area contributed by atoms with Crippen molar-refractivity contribution in [3.05, 3.63) is 65.2 Å². The Morgan fingerprint density at radius 1 is 1.22 bits per heavy atom. The highest BCUT2D eigenvalue weighted by atomic mass is 16.2. The number of carbonyl (C=O) groups excluding carboxylic acids is 1. The number of hydrogen-bond acceptors (Lipinski definition) is 5. The molecule has 4 rings (SSSR count). The van der Waals surface area contributed by atoms with Gasteiger partial charge in [0.1, 0.15) is 12.4 Å². The fourth-order valence-electron chi connectivity index (χ4n) is 3.32. The van der Waals surface area contributed by atoms with Gasteiger partial charge >= 0.3 is 0 Å². The van der Waals surface area contributed by atoms with E-state index in [2.05, 4.69) is 15.1 Å².